The Morgan fingerprint density at radius 3 is 2.42 bits per heavy atom. The molecule has 0 bridgehead atoms. The molecule has 1 amide bonds. The number of halogens is 2. The molecule has 0 aliphatic carbocycles. The van der Waals surface area contributed by atoms with E-state index in [-0.39, 0.29) is 30.7 Å². The zero-order chi connectivity index (χ0) is 16.8. The van der Waals surface area contributed by atoms with Crippen molar-refractivity contribution in [3.63, 3.8) is 0 Å². The van der Waals surface area contributed by atoms with Crippen LogP contribution in [0.25, 0.3) is 0 Å². The number of carbonyl (C=O) groups is 1. The Labute approximate surface area is 169 Å². The Morgan fingerprint density at radius 1 is 1.12 bits per heavy atom. The molecule has 2 N–H and O–H groups in total. The molecule has 146 valence electrons. The van der Waals surface area contributed by atoms with Crippen LogP contribution in [-0.4, -0.2) is 68.6 Å². The van der Waals surface area contributed by atoms with Gasteiger partial charge in [-0.05, 0) is 37.7 Å². The average molecular weight is 401 g/mol. The zero-order valence-electron chi connectivity index (χ0n) is 15.4. The van der Waals surface area contributed by atoms with Crippen molar-refractivity contribution in [2.24, 2.45) is 0 Å². The van der Waals surface area contributed by atoms with Gasteiger partial charge in [0, 0.05) is 51.4 Å². The van der Waals surface area contributed by atoms with Crippen molar-refractivity contribution in [2.75, 3.05) is 52.9 Å². The molecule has 26 heavy (non-hydrogen) atoms. The van der Waals surface area contributed by atoms with E-state index >= 15 is 0 Å². The Bertz CT molecular complexity index is 584. The summed E-state index contributed by atoms with van der Waals surface area (Å²) in [5, 5.41) is 6.30. The summed E-state index contributed by atoms with van der Waals surface area (Å²) < 4.78 is 0. The highest BCUT2D eigenvalue weighted by atomic mass is 35.5. The monoisotopic (exact) mass is 400 g/mol. The van der Waals surface area contributed by atoms with E-state index in [1.807, 2.05) is 12.1 Å². The van der Waals surface area contributed by atoms with Crippen LogP contribution in [0, 0.1) is 0 Å². The van der Waals surface area contributed by atoms with Crippen LogP contribution in [0.3, 0.4) is 0 Å². The first kappa shape index (κ1) is 22.9. The van der Waals surface area contributed by atoms with Crippen molar-refractivity contribution >= 4 is 30.7 Å². The number of amides is 1. The van der Waals surface area contributed by atoms with Crippen molar-refractivity contribution < 1.29 is 4.79 Å². The maximum absolute atomic E-state index is 12.3. The number of nitrogens with one attached hydrogen (secondary N) is 2. The highest BCUT2D eigenvalue weighted by molar-refractivity contribution is 5.94. The van der Waals surface area contributed by atoms with E-state index in [9.17, 15) is 4.79 Å². The second kappa shape index (κ2) is 11.6. The van der Waals surface area contributed by atoms with Crippen LogP contribution < -0.4 is 10.6 Å². The molecule has 3 rings (SSSR count). The highest BCUT2D eigenvalue weighted by Gasteiger charge is 2.14. The van der Waals surface area contributed by atoms with E-state index in [0.29, 0.717) is 6.54 Å². The van der Waals surface area contributed by atoms with E-state index in [1.54, 1.807) is 0 Å². The standard InChI is InChI=1S/C19H28N4O.2ClH/c1-22-10-12-23(13-11-22)15-17-2-4-18(5-3-17)19(24)21-14-16-6-8-20-9-7-16;;/h2-6,20H,7-15H2,1H3,(H,21,24);2*1H. The van der Waals surface area contributed by atoms with E-state index < -0.39 is 0 Å². The fourth-order valence-electron chi connectivity index (χ4n) is 3.15. The lowest BCUT2D eigenvalue weighted by atomic mass is 10.1. The predicted octanol–water partition coefficient (Wildman–Crippen LogP) is 1.93. The molecule has 7 heteroatoms. The third-order valence-electron chi connectivity index (χ3n) is 4.85. The minimum atomic E-state index is 0. The summed E-state index contributed by atoms with van der Waals surface area (Å²) in [6.45, 7) is 8.03. The summed E-state index contributed by atoms with van der Waals surface area (Å²) in [6, 6.07) is 8.04. The third-order valence-corrected chi connectivity index (χ3v) is 4.85. The molecule has 0 atom stereocenters. The second-order valence-corrected chi connectivity index (χ2v) is 6.78. The molecule has 2 aliphatic heterocycles. The van der Waals surface area contributed by atoms with E-state index in [4.69, 9.17) is 0 Å². The van der Waals surface area contributed by atoms with Crippen molar-refractivity contribution in [2.45, 2.75) is 13.0 Å². The van der Waals surface area contributed by atoms with Crippen molar-refractivity contribution in [1.82, 2.24) is 20.4 Å². The van der Waals surface area contributed by atoms with Gasteiger partial charge in [0.05, 0.1) is 0 Å². The minimum absolute atomic E-state index is 0. The fourth-order valence-corrected chi connectivity index (χ4v) is 3.15. The fraction of sp³-hybridized carbons (Fsp3) is 0.526. The van der Waals surface area contributed by atoms with Crippen LogP contribution in [0.4, 0.5) is 0 Å². The lowest BCUT2D eigenvalue weighted by Crippen LogP contribution is -2.43. The van der Waals surface area contributed by atoms with Gasteiger partial charge in [-0.1, -0.05) is 23.8 Å². The number of hydrogen-bond donors (Lipinski definition) is 2. The molecule has 1 fully saturated rings. The van der Waals surface area contributed by atoms with Crippen LogP contribution in [-0.2, 0) is 6.54 Å². The highest BCUT2D eigenvalue weighted by Crippen LogP contribution is 2.10. The molecule has 1 aromatic rings. The molecular weight excluding hydrogens is 371 g/mol. The molecule has 0 saturated carbocycles. The molecule has 0 radical (unpaired) electrons. The van der Waals surface area contributed by atoms with Crippen LogP contribution in [0.5, 0.6) is 0 Å². The summed E-state index contributed by atoms with van der Waals surface area (Å²) in [5.41, 5.74) is 3.33. The smallest absolute Gasteiger partial charge is 0.251 e. The summed E-state index contributed by atoms with van der Waals surface area (Å²) in [5.74, 6) is 0.0144. The molecule has 2 aliphatic rings. The molecule has 0 spiro atoms. The first-order valence-electron chi connectivity index (χ1n) is 8.87. The number of likely N-dealkylation sites (N-methyl/N-ethyl adjacent to an activating group) is 1. The Balaban J connectivity index is 0.00000169. The zero-order valence-corrected chi connectivity index (χ0v) is 17.0. The quantitative estimate of drug-likeness (QED) is 0.741. The maximum atomic E-state index is 12.3. The van der Waals surface area contributed by atoms with Crippen molar-refractivity contribution in [1.29, 1.82) is 0 Å². The van der Waals surface area contributed by atoms with Gasteiger partial charge >= 0.3 is 0 Å². The van der Waals surface area contributed by atoms with Gasteiger partial charge in [0.25, 0.3) is 5.91 Å². The first-order chi connectivity index (χ1) is 11.7. The van der Waals surface area contributed by atoms with Gasteiger partial charge in [-0.25, -0.2) is 0 Å². The lowest BCUT2D eigenvalue weighted by molar-refractivity contribution is 0.0956. The van der Waals surface area contributed by atoms with Crippen LogP contribution in [0.1, 0.15) is 22.3 Å². The Hall–Kier alpha value is -1.11. The summed E-state index contributed by atoms with van der Waals surface area (Å²) >= 11 is 0. The van der Waals surface area contributed by atoms with Gasteiger partial charge in [0.15, 0.2) is 0 Å². The van der Waals surface area contributed by atoms with Gasteiger partial charge in [0.1, 0.15) is 0 Å². The summed E-state index contributed by atoms with van der Waals surface area (Å²) in [7, 11) is 2.17. The van der Waals surface area contributed by atoms with Gasteiger partial charge < -0.3 is 15.5 Å². The van der Waals surface area contributed by atoms with Gasteiger partial charge in [-0.15, -0.1) is 24.8 Å². The lowest BCUT2D eigenvalue weighted by Gasteiger charge is -2.32. The number of rotatable bonds is 5. The maximum Gasteiger partial charge on any atom is 0.251 e. The SMILES string of the molecule is CN1CCN(Cc2ccc(C(=O)NCC3=CCNCC3)cc2)CC1.Cl.Cl. The van der Waals surface area contributed by atoms with Crippen molar-refractivity contribution in [3.8, 4) is 0 Å². The van der Waals surface area contributed by atoms with Crippen LogP contribution in [0.2, 0.25) is 0 Å². The molecule has 0 unspecified atom stereocenters. The summed E-state index contributed by atoms with van der Waals surface area (Å²) in [4.78, 5) is 17.1. The normalized spacial score (nSPS) is 18.3. The Morgan fingerprint density at radius 2 is 1.81 bits per heavy atom. The number of hydrogen-bond acceptors (Lipinski definition) is 4. The second-order valence-electron chi connectivity index (χ2n) is 6.78. The number of nitrogens with zero attached hydrogens (tertiary/aromatic N) is 2. The average Bonchev–Trinajstić information content (AvgIpc) is 2.63. The van der Waals surface area contributed by atoms with Crippen LogP contribution >= 0.6 is 24.8 Å². The molecule has 2 heterocycles. The van der Waals surface area contributed by atoms with E-state index in [1.165, 1.54) is 11.1 Å². The molecule has 1 aromatic carbocycles. The molecular formula is C19H30Cl2N4O. The number of carbonyl (C=O) groups excluding carboxylic acids is 1. The van der Waals surface area contributed by atoms with Gasteiger partial charge in [-0.3, -0.25) is 9.69 Å². The van der Waals surface area contributed by atoms with E-state index in [2.05, 4.69) is 45.7 Å². The van der Waals surface area contributed by atoms with Crippen LogP contribution in [0.15, 0.2) is 35.9 Å². The third kappa shape index (κ3) is 6.89. The first-order valence-corrected chi connectivity index (χ1v) is 8.87. The predicted molar refractivity (Wildman–Crippen MR) is 112 cm³/mol. The largest absolute Gasteiger partial charge is 0.348 e. The summed E-state index contributed by atoms with van der Waals surface area (Å²) in [6.07, 6.45) is 3.19. The molecule has 1 saturated heterocycles. The molecule has 0 aromatic heterocycles. The van der Waals surface area contributed by atoms with Gasteiger partial charge in [-0.2, -0.15) is 0 Å². The van der Waals surface area contributed by atoms with E-state index in [0.717, 1.165) is 57.8 Å². The Kier molecular flexibility index (Phi) is 10.2. The van der Waals surface area contributed by atoms with Crippen molar-refractivity contribution in [3.05, 3.63) is 47.0 Å². The number of piperazine rings is 1. The molecule has 5 nitrogen and oxygen atoms in total. The minimum Gasteiger partial charge on any atom is -0.348 e. The number of benzene rings is 1. The van der Waals surface area contributed by atoms with Gasteiger partial charge in [0.2, 0.25) is 0 Å². The topological polar surface area (TPSA) is 47.6 Å².